The van der Waals surface area contributed by atoms with Gasteiger partial charge in [0.25, 0.3) is 5.56 Å². The van der Waals surface area contributed by atoms with Gasteiger partial charge in [-0.15, -0.1) is 0 Å². The molecule has 0 fully saturated rings. The number of aromatic carboxylic acids is 1. The Morgan fingerprint density at radius 3 is 2.33 bits per heavy atom. The predicted molar refractivity (Wildman–Crippen MR) is 42.5 cm³/mol. The van der Waals surface area contributed by atoms with Gasteiger partial charge in [-0.1, -0.05) is 13.8 Å². The monoisotopic (exact) mass is 170 g/mol. The number of aromatic amines is 2. The van der Waals surface area contributed by atoms with Crippen LogP contribution in [0.3, 0.4) is 0 Å². The number of H-pyrrole nitrogens is 2. The second kappa shape index (κ2) is 2.84. The van der Waals surface area contributed by atoms with Crippen LogP contribution in [0.15, 0.2) is 4.79 Å². The van der Waals surface area contributed by atoms with Crippen LogP contribution in [0.5, 0.6) is 0 Å². The zero-order chi connectivity index (χ0) is 9.30. The highest BCUT2D eigenvalue weighted by atomic mass is 16.4. The number of aromatic nitrogens is 2. The Kier molecular flexibility index (Phi) is 2.03. The molecule has 5 heteroatoms. The number of carboxylic acid groups (broad SMARTS) is 1. The van der Waals surface area contributed by atoms with E-state index in [4.69, 9.17) is 5.11 Å². The Morgan fingerprint density at radius 2 is 2.00 bits per heavy atom. The molecule has 1 rings (SSSR count). The SMILES string of the molecule is CC(C)c1[nH][nH]c(=O)c1C(=O)O. The highest BCUT2D eigenvalue weighted by molar-refractivity contribution is 5.88. The smallest absolute Gasteiger partial charge is 0.343 e. The molecule has 1 aromatic rings. The first-order valence-electron chi connectivity index (χ1n) is 3.58. The van der Waals surface area contributed by atoms with Crippen LogP contribution in [-0.2, 0) is 0 Å². The van der Waals surface area contributed by atoms with Gasteiger partial charge >= 0.3 is 5.97 Å². The van der Waals surface area contributed by atoms with Gasteiger partial charge in [0.1, 0.15) is 5.56 Å². The lowest BCUT2D eigenvalue weighted by atomic mass is 10.1. The van der Waals surface area contributed by atoms with Crippen LogP contribution in [0.1, 0.15) is 35.8 Å². The van der Waals surface area contributed by atoms with Gasteiger partial charge in [0, 0.05) is 0 Å². The van der Waals surface area contributed by atoms with E-state index in [1.165, 1.54) is 0 Å². The molecule has 12 heavy (non-hydrogen) atoms. The van der Waals surface area contributed by atoms with E-state index >= 15 is 0 Å². The molecule has 0 bridgehead atoms. The second-order valence-corrected chi connectivity index (χ2v) is 2.83. The van der Waals surface area contributed by atoms with E-state index in [0.29, 0.717) is 5.69 Å². The van der Waals surface area contributed by atoms with Crippen molar-refractivity contribution < 1.29 is 9.90 Å². The van der Waals surface area contributed by atoms with Crippen LogP contribution in [0, 0.1) is 0 Å². The zero-order valence-corrected chi connectivity index (χ0v) is 6.84. The second-order valence-electron chi connectivity index (χ2n) is 2.83. The Balaban J connectivity index is 3.31. The number of rotatable bonds is 2. The lowest BCUT2D eigenvalue weighted by molar-refractivity contribution is 0.0694. The first-order chi connectivity index (χ1) is 5.54. The summed E-state index contributed by atoms with van der Waals surface area (Å²) in [6.45, 7) is 3.62. The average molecular weight is 170 g/mol. The normalized spacial score (nSPS) is 10.6. The van der Waals surface area contributed by atoms with E-state index in [9.17, 15) is 9.59 Å². The maximum Gasteiger partial charge on any atom is 0.343 e. The molecule has 0 aliphatic heterocycles. The van der Waals surface area contributed by atoms with E-state index in [1.54, 1.807) is 0 Å². The summed E-state index contributed by atoms with van der Waals surface area (Å²) in [5.74, 6) is -1.20. The molecule has 0 unspecified atom stereocenters. The third kappa shape index (κ3) is 1.25. The molecule has 0 atom stereocenters. The summed E-state index contributed by atoms with van der Waals surface area (Å²) in [6.07, 6.45) is 0. The standard InChI is InChI=1S/C7H10N2O3/c1-3(2)5-4(7(11)12)6(10)9-8-5/h3H,1-2H3,(H,11,12)(H2,8,9,10). The zero-order valence-electron chi connectivity index (χ0n) is 6.84. The van der Waals surface area contributed by atoms with Crippen molar-refractivity contribution in [2.75, 3.05) is 0 Å². The molecule has 0 aromatic carbocycles. The Labute approximate surface area is 68.4 Å². The quantitative estimate of drug-likeness (QED) is 0.604. The summed E-state index contributed by atoms with van der Waals surface area (Å²) in [7, 11) is 0. The topological polar surface area (TPSA) is 86.0 Å². The molecule has 0 aliphatic carbocycles. The minimum Gasteiger partial charge on any atom is -0.477 e. The highest BCUT2D eigenvalue weighted by Gasteiger charge is 2.18. The first kappa shape index (κ1) is 8.58. The van der Waals surface area contributed by atoms with E-state index in [-0.39, 0.29) is 11.5 Å². The Hall–Kier alpha value is -1.52. The fourth-order valence-electron chi connectivity index (χ4n) is 1.02. The van der Waals surface area contributed by atoms with Gasteiger partial charge in [-0.3, -0.25) is 9.89 Å². The van der Waals surface area contributed by atoms with Crippen molar-refractivity contribution in [1.82, 2.24) is 10.2 Å². The van der Waals surface area contributed by atoms with Gasteiger partial charge in [0.15, 0.2) is 0 Å². The van der Waals surface area contributed by atoms with Crippen molar-refractivity contribution >= 4 is 5.97 Å². The molecule has 66 valence electrons. The van der Waals surface area contributed by atoms with Gasteiger partial charge < -0.3 is 10.2 Å². The minimum atomic E-state index is -1.19. The molecule has 0 saturated carbocycles. The van der Waals surface area contributed by atoms with Crippen molar-refractivity contribution in [3.8, 4) is 0 Å². The third-order valence-electron chi connectivity index (χ3n) is 1.60. The van der Waals surface area contributed by atoms with E-state index in [2.05, 4.69) is 10.2 Å². The van der Waals surface area contributed by atoms with Crippen molar-refractivity contribution in [2.45, 2.75) is 19.8 Å². The number of nitrogens with one attached hydrogen (secondary N) is 2. The molecule has 1 aromatic heterocycles. The number of hydrogen-bond acceptors (Lipinski definition) is 2. The minimum absolute atomic E-state index is 0.00458. The van der Waals surface area contributed by atoms with Crippen LogP contribution >= 0.6 is 0 Å². The molecule has 5 nitrogen and oxygen atoms in total. The van der Waals surface area contributed by atoms with Crippen molar-refractivity contribution in [1.29, 1.82) is 0 Å². The lowest BCUT2D eigenvalue weighted by Gasteiger charge is -2.00. The molecule has 0 spiro atoms. The largest absolute Gasteiger partial charge is 0.477 e. The molecule has 1 heterocycles. The number of carboxylic acids is 1. The Morgan fingerprint density at radius 1 is 1.42 bits per heavy atom. The fourth-order valence-corrected chi connectivity index (χ4v) is 1.02. The van der Waals surface area contributed by atoms with Gasteiger partial charge in [0.2, 0.25) is 0 Å². The van der Waals surface area contributed by atoms with Crippen LogP contribution in [0.25, 0.3) is 0 Å². The third-order valence-corrected chi connectivity index (χ3v) is 1.60. The molecule has 0 radical (unpaired) electrons. The molecule has 0 amide bonds. The van der Waals surface area contributed by atoms with Crippen LogP contribution < -0.4 is 5.56 Å². The molecular weight excluding hydrogens is 160 g/mol. The highest BCUT2D eigenvalue weighted by Crippen LogP contribution is 2.12. The van der Waals surface area contributed by atoms with E-state index in [0.717, 1.165) is 0 Å². The van der Waals surface area contributed by atoms with E-state index in [1.807, 2.05) is 13.8 Å². The summed E-state index contributed by atoms with van der Waals surface area (Å²) >= 11 is 0. The maximum absolute atomic E-state index is 10.9. The summed E-state index contributed by atoms with van der Waals surface area (Å²) in [5, 5.41) is 13.4. The molecule has 0 aliphatic rings. The molecule has 3 N–H and O–H groups in total. The number of carbonyl (C=O) groups is 1. The predicted octanol–water partition coefficient (Wildman–Crippen LogP) is 0.525. The summed E-state index contributed by atoms with van der Waals surface area (Å²) in [5.41, 5.74) is -0.330. The summed E-state index contributed by atoms with van der Waals surface area (Å²) in [4.78, 5) is 21.5. The lowest BCUT2D eigenvalue weighted by Crippen LogP contribution is -2.13. The van der Waals surface area contributed by atoms with Crippen LogP contribution in [0.4, 0.5) is 0 Å². The molecule has 0 saturated heterocycles. The van der Waals surface area contributed by atoms with Gasteiger partial charge in [-0.25, -0.2) is 4.79 Å². The van der Waals surface area contributed by atoms with Gasteiger partial charge in [-0.2, -0.15) is 0 Å². The summed E-state index contributed by atoms with van der Waals surface area (Å²) < 4.78 is 0. The van der Waals surface area contributed by atoms with Gasteiger partial charge in [-0.05, 0) is 5.92 Å². The number of hydrogen-bond donors (Lipinski definition) is 3. The van der Waals surface area contributed by atoms with Crippen LogP contribution in [0.2, 0.25) is 0 Å². The van der Waals surface area contributed by atoms with Crippen LogP contribution in [-0.4, -0.2) is 21.3 Å². The van der Waals surface area contributed by atoms with Crippen molar-refractivity contribution in [3.05, 3.63) is 21.6 Å². The van der Waals surface area contributed by atoms with Crippen molar-refractivity contribution in [3.63, 3.8) is 0 Å². The van der Waals surface area contributed by atoms with E-state index < -0.39 is 11.5 Å². The van der Waals surface area contributed by atoms with Gasteiger partial charge in [0.05, 0.1) is 5.69 Å². The van der Waals surface area contributed by atoms with Crippen molar-refractivity contribution in [2.24, 2.45) is 0 Å². The first-order valence-corrected chi connectivity index (χ1v) is 3.58. The summed E-state index contributed by atoms with van der Waals surface area (Å²) in [6, 6.07) is 0. The average Bonchev–Trinajstić information content (AvgIpc) is 2.30. The maximum atomic E-state index is 10.9. The fraction of sp³-hybridized carbons (Fsp3) is 0.429. The molecular formula is C7H10N2O3. The Bertz CT molecular complexity index is 348.